The molecule has 0 bridgehead atoms. The van der Waals surface area contributed by atoms with E-state index in [0.29, 0.717) is 6.42 Å². The summed E-state index contributed by atoms with van der Waals surface area (Å²) in [5.41, 5.74) is 0. The molecule has 0 amide bonds. The molecule has 18 heavy (non-hydrogen) atoms. The fraction of sp³-hybridized carbons (Fsp3) is 0.688. The van der Waals surface area contributed by atoms with E-state index in [4.69, 9.17) is 4.74 Å². The van der Waals surface area contributed by atoms with Crippen LogP contribution in [0.5, 0.6) is 0 Å². The maximum Gasteiger partial charge on any atom is 0.306 e. The number of hydrogen-bond donors (Lipinski definition) is 0. The molecule has 102 valence electrons. The van der Waals surface area contributed by atoms with Crippen LogP contribution < -0.4 is 0 Å². The summed E-state index contributed by atoms with van der Waals surface area (Å²) in [6.07, 6.45) is 17.7. The first-order valence-corrected chi connectivity index (χ1v) is 7.28. The normalized spacial score (nSPS) is 19.3. The van der Waals surface area contributed by atoms with Crippen LogP contribution in [0.2, 0.25) is 0 Å². The SMILES string of the molecule is C=CCCCCCC/C=C\CCC1CCC(=O)O1. The highest BCUT2D eigenvalue weighted by Crippen LogP contribution is 2.18. The number of esters is 1. The second-order valence-electron chi connectivity index (χ2n) is 4.98. The van der Waals surface area contributed by atoms with E-state index in [9.17, 15) is 4.79 Å². The molecule has 0 saturated carbocycles. The minimum Gasteiger partial charge on any atom is -0.462 e. The van der Waals surface area contributed by atoms with E-state index in [1.807, 2.05) is 6.08 Å². The second kappa shape index (κ2) is 9.93. The standard InChI is InChI=1S/C16H26O2/c1-2-3-4-5-6-7-8-9-10-11-12-15-13-14-16(17)18-15/h2,9-10,15H,1,3-8,11-14H2/b10-9-. The Balaban J connectivity index is 1.85. The zero-order valence-electron chi connectivity index (χ0n) is 11.4. The maximum atomic E-state index is 10.9. The Morgan fingerprint density at radius 1 is 1.11 bits per heavy atom. The molecular formula is C16H26O2. The van der Waals surface area contributed by atoms with Crippen molar-refractivity contribution < 1.29 is 9.53 Å². The Labute approximate surface area is 111 Å². The molecule has 1 aliphatic rings. The van der Waals surface area contributed by atoms with Gasteiger partial charge in [-0.05, 0) is 44.9 Å². The molecule has 1 aliphatic heterocycles. The van der Waals surface area contributed by atoms with Crippen LogP contribution in [0.25, 0.3) is 0 Å². The van der Waals surface area contributed by atoms with Gasteiger partial charge in [-0.25, -0.2) is 0 Å². The van der Waals surface area contributed by atoms with Crippen molar-refractivity contribution in [3.05, 3.63) is 24.8 Å². The van der Waals surface area contributed by atoms with Gasteiger partial charge >= 0.3 is 5.97 Å². The van der Waals surface area contributed by atoms with Gasteiger partial charge in [0.25, 0.3) is 0 Å². The lowest BCUT2D eigenvalue weighted by molar-refractivity contribution is -0.141. The second-order valence-corrected chi connectivity index (χ2v) is 4.98. The van der Waals surface area contributed by atoms with Crippen LogP contribution in [0.15, 0.2) is 24.8 Å². The molecule has 2 nitrogen and oxygen atoms in total. The third-order valence-corrected chi connectivity index (χ3v) is 3.32. The highest BCUT2D eigenvalue weighted by Gasteiger charge is 2.21. The van der Waals surface area contributed by atoms with Gasteiger partial charge in [-0.1, -0.05) is 31.1 Å². The summed E-state index contributed by atoms with van der Waals surface area (Å²) < 4.78 is 5.16. The van der Waals surface area contributed by atoms with Crippen molar-refractivity contribution in [3.8, 4) is 0 Å². The van der Waals surface area contributed by atoms with Crippen molar-refractivity contribution in [1.82, 2.24) is 0 Å². The highest BCUT2D eigenvalue weighted by atomic mass is 16.5. The molecule has 0 aliphatic carbocycles. The summed E-state index contributed by atoms with van der Waals surface area (Å²) in [4.78, 5) is 10.9. The van der Waals surface area contributed by atoms with Gasteiger partial charge in [0.05, 0.1) is 0 Å². The van der Waals surface area contributed by atoms with Gasteiger partial charge in [0.1, 0.15) is 6.10 Å². The number of unbranched alkanes of at least 4 members (excludes halogenated alkanes) is 5. The van der Waals surface area contributed by atoms with Crippen molar-refractivity contribution in [1.29, 1.82) is 0 Å². The van der Waals surface area contributed by atoms with Gasteiger partial charge in [-0.15, -0.1) is 6.58 Å². The largest absolute Gasteiger partial charge is 0.462 e. The highest BCUT2D eigenvalue weighted by molar-refractivity contribution is 5.71. The molecule has 1 unspecified atom stereocenters. The summed E-state index contributed by atoms with van der Waals surface area (Å²) >= 11 is 0. The summed E-state index contributed by atoms with van der Waals surface area (Å²) in [5, 5.41) is 0. The first-order valence-electron chi connectivity index (χ1n) is 7.28. The summed E-state index contributed by atoms with van der Waals surface area (Å²) in [7, 11) is 0. The third kappa shape index (κ3) is 7.31. The monoisotopic (exact) mass is 250 g/mol. The minimum absolute atomic E-state index is 0.0245. The van der Waals surface area contributed by atoms with E-state index in [1.54, 1.807) is 0 Å². The molecule has 1 rings (SSSR count). The first kappa shape index (κ1) is 15.0. The van der Waals surface area contributed by atoms with Crippen molar-refractivity contribution in [2.24, 2.45) is 0 Å². The lowest BCUT2D eigenvalue weighted by atomic mass is 10.1. The Hall–Kier alpha value is -1.05. The smallest absolute Gasteiger partial charge is 0.306 e. The fourth-order valence-electron chi connectivity index (χ4n) is 2.21. The predicted octanol–water partition coefficient (Wildman–Crippen LogP) is 4.56. The van der Waals surface area contributed by atoms with Crippen LogP contribution in [0, 0.1) is 0 Å². The molecule has 0 aromatic carbocycles. The molecule has 1 atom stereocenters. The molecule has 1 saturated heterocycles. The number of ether oxygens (including phenoxy) is 1. The molecule has 0 radical (unpaired) electrons. The molecule has 2 heteroatoms. The van der Waals surface area contributed by atoms with Gasteiger partial charge in [-0.3, -0.25) is 4.79 Å². The van der Waals surface area contributed by atoms with Gasteiger partial charge < -0.3 is 4.74 Å². The molecule has 0 aromatic heterocycles. The summed E-state index contributed by atoms with van der Waals surface area (Å²) in [5.74, 6) is -0.0245. The van der Waals surface area contributed by atoms with Crippen molar-refractivity contribution in [2.75, 3.05) is 0 Å². The lowest BCUT2D eigenvalue weighted by Crippen LogP contribution is -2.05. The van der Waals surface area contributed by atoms with E-state index in [-0.39, 0.29) is 12.1 Å². The van der Waals surface area contributed by atoms with Crippen LogP contribution >= 0.6 is 0 Å². The zero-order valence-corrected chi connectivity index (χ0v) is 11.4. The number of hydrogen-bond acceptors (Lipinski definition) is 2. The molecule has 0 spiro atoms. The molecule has 1 fully saturated rings. The van der Waals surface area contributed by atoms with Crippen molar-refractivity contribution in [2.45, 2.75) is 70.3 Å². The first-order chi connectivity index (χ1) is 8.83. The quantitative estimate of drug-likeness (QED) is 0.323. The molecule has 0 aromatic rings. The zero-order chi connectivity index (χ0) is 13.1. The van der Waals surface area contributed by atoms with Crippen molar-refractivity contribution >= 4 is 5.97 Å². The van der Waals surface area contributed by atoms with Crippen LogP contribution in [-0.4, -0.2) is 12.1 Å². The molecular weight excluding hydrogens is 224 g/mol. The van der Waals surface area contributed by atoms with Gasteiger partial charge in [0.15, 0.2) is 0 Å². The van der Waals surface area contributed by atoms with E-state index in [1.165, 1.54) is 32.1 Å². The maximum absolute atomic E-state index is 10.9. The number of allylic oxidation sites excluding steroid dienone is 3. The Kier molecular flexibility index (Phi) is 8.28. The van der Waals surface area contributed by atoms with Crippen LogP contribution in [-0.2, 0) is 9.53 Å². The van der Waals surface area contributed by atoms with E-state index >= 15 is 0 Å². The average molecular weight is 250 g/mol. The summed E-state index contributed by atoms with van der Waals surface area (Å²) in [6.45, 7) is 3.72. The Morgan fingerprint density at radius 3 is 2.50 bits per heavy atom. The summed E-state index contributed by atoms with van der Waals surface area (Å²) in [6, 6.07) is 0. The third-order valence-electron chi connectivity index (χ3n) is 3.32. The van der Waals surface area contributed by atoms with Crippen LogP contribution in [0.4, 0.5) is 0 Å². The van der Waals surface area contributed by atoms with Gasteiger partial charge in [0, 0.05) is 6.42 Å². The number of rotatable bonds is 10. The number of carbonyl (C=O) groups excluding carboxylic acids is 1. The van der Waals surface area contributed by atoms with E-state index in [2.05, 4.69) is 18.7 Å². The molecule has 0 N–H and O–H groups in total. The minimum atomic E-state index is -0.0245. The van der Waals surface area contributed by atoms with Gasteiger partial charge in [-0.2, -0.15) is 0 Å². The number of cyclic esters (lactones) is 1. The topological polar surface area (TPSA) is 26.3 Å². The lowest BCUT2D eigenvalue weighted by Gasteiger charge is -2.05. The van der Waals surface area contributed by atoms with Crippen molar-refractivity contribution in [3.63, 3.8) is 0 Å². The average Bonchev–Trinajstić information content (AvgIpc) is 2.77. The predicted molar refractivity (Wildman–Crippen MR) is 75.4 cm³/mol. The van der Waals surface area contributed by atoms with Crippen LogP contribution in [0.3, 0.4) is 0 Å². The van der Waals surface area contributed by atoms with Gasteiger partial charge in [0.2, 0.25) is 0 Å². The number of carbonyl (C=O) groups is 1. The fourth-order valence-corrected chi connectivity index (χ4v) is 2.21. The Morgan fingerprint density at radius 2 is 1.83 bits per heavy atom. The van der Waals surface area contributed by atoms with E-state index < -0.39 is 0 Å². The molecule has 1 heterocycles. The van der Waals surface area contributed by atoms with E-state index in [0.717, 1.165) is 25.7 Å². The Bertz CT molecular complexity index is 268. The van der Waals surface area contributed by atoms with Crippen LogP contribution in [0.1, 0.15) is 64.2 Å².